The number of hydrogen-bond donors (Lipinski definition) is 2. The van der Waals surface area contributed by atoms with Gasteiger partial charge in [-0.05, 0) is 42.3 Å². The van der Waals surface area contributed by atoms with E-state index in [1.54, 1.807) is 6.07 Å². The Kier molecular flexibility index (Phi) is 3.94. The lowest BCUT2D eigenvalue weighted by molar-refractivity contribution is 0.507. The van der Waals surface area contributed by atoms with Crippen LogP contribution >= 0.6 is 0 Å². The molecule has 0 unspecified atom stereocenters. The predicted octanol–water partition coefficient (Wildman–Crippen LogP) is 3.34. The van der Waals surface area contributed by atoms with Crippen molar-refractivity contribution >= 4 is 11.4 Å². The Morgan fingerprint density at radius 2 is 1.68 bits per heavy atom. The molecule has 0 spiro atoms. The molecule has 0 saturated carbocycles. The minimum Gasteiger partial charge on any atom is -0.396 e. The molecule has 100 valence electrons. The van der Waals surface area contributed by atoms with Gasteiger partial charge in [-0.15, -0.1) is 0 Å². The number of nitrogen functional groups attached to an aromatic ring is 1. The van der Waals surface area contributed by atoms with Crippen LogP contribution in [-0.4, -0.2) is 6.54 Å². The van der Waals surface area contributed by atoms with Gasteiger partial charge in [0.25, 0.3) is 0 Å². The molecule has 5 heteroatoms. The summed E-state index contributed by atoms with van der Waals surface area (Å²) in [6.07, 6.45) is 0.503. The van der Waals surface area contributed by atoms with Crippen molar-refractivity contribution in [3.05, 3.63) is 59.4 Å². The maximum absolute atomic E-state index is 13.2. The normalized spacial score (nSPS) is 10.5. The lowest BCUT2D eigenvalue weighted by Crippen LogP contribution is -2.06. The Hall–Kier alpha value is -2.17. The van der Waals surface area contributed by atoms with Crippen molar-refractivity contribution in [3.63, 3.8) is 0 Å². The second kappa shape index (κ2) is 5.65. The topological polar surface area (TPSA) is 38.0 Å². The average molecular weight is 266 g/mol. The smallest absolute Gasteiger partial charge is 0.159 e. The molecule has 0 fully saturated rings. The van der Waals surface area contributed by atoms with E-state index in [1.165, 1.54) is 18.2 Å². The predicted molar refractivity (Wildman–Crippen MR) is 69.4 cm³/mol. The van der Waals surface area contributed by atoms with E-state index in [1.807, 2.05) is 0 Å². The first-order valence-electron chi connectivity index (χ1n) is 5.79. The third-order valence-electron chi connectivity index (χ3n) is 2.73. The Labute approximate surface area is 109 Å². The molecule has 0 saturated heterocycles. The van der Waals surface area contributed by atoms with E-state index in [-0.39, 0.29) is 5.69 Å². The highest BCUT2D eigenvalue weighted by molar-refractivity contribution is 5.52. The highest BCUT2D eigenvalue weighted by atomic mass is 19.2. The van der Waals surface area contributed by atoms with Gasteiger partial charge < -0.3 is 11.1 Å². The molecule has 0 aromatic heterocycles. The highest BCUT2D eigenvalue weighted by Gasteiger charge is 2.03. The van der Waals surface area contributed by atoms with Gasteiger partial charge in [-0.2, -0.15) is 0 Å². The van der Waals surface area contributed by atoms with Crippen molar-refractivity contribution in [1.29, 1.82) is 0 Å². The second-order valence-corrected chi connectivity index (χ2v) is 4.16. The number of nitrogens with one attached hydrogen (secondary N) is 1. The summed E-state index contributed by atoms with van der Waals surface area (Å²) in [5, 5.41) is 2.98. The summed E-state index contributed by atoms with van der Waals surface area (Å²) < 4.78 is 38.9. The number of rotatable bonds is 4. The zero-order valence-electron chi connectivity index (χ0n) is 10.1. The van der Waals surface area contributed by atoms with Gasteiger partial charge in [0.05, 0.1) is 5.69 Å². The van der Waals surface area contributed by atoms with Gasteiger partial charge in [-0.25, -0.2) is 13.2 Å². The van der Waals surface area contributed by atoms with Crippen molar-refractivity contribution < 1.29 is 13.2 Å². The summed E-state index contributed by atoms with van der Waals surface area (Å²) in [6.45, 7) is 0.481. The van der Waals surface area contributed by atoms with E-state index in [0.717, 1.165) is 12.1 Å². The van der Waals surface area contributed by atoms with Gasteiger partial charge in [0, 0.05) is 12.2 Å². The lowest BCUT2D eigenvalue weighted by atomic mass is 10.1. The number of benzene rings is 2. The Bertz CT molecular complexity index is 533. The molecule has 0 aliphatic carbocycles. The first-order chi connectivity index (χ1) is 9.06. The molecular formula is C14H13F3N2. The number of anilines is 2. The van der Waals surface area contributed by atoms with E-state index in [9.17, 15) is 13.2 Å². The largest absolute Gasteiger partial charge is 0.396 e. The van der Waals surface area contributed by atoms with Crippen LogP contribution in [0.3, 0.4) is 0 Å². The first kappa shape index (κ1) is 13.3. The van der Waals surface area contributed by atoms with Crippen LogP contribution < -0.4 is 11.1 Å². The Balaban J connectivity index is 1.92. The fourth-order valence-electron chi connectivity index (χ4n) is 1.68. The van der Waals surface area contributed by atoms with Crippen LogP contribution in [0, 0.1) is 17.5 Å². The van der Waals surface area contributed by atoms with E-state index in [2.05, 4.69) is 5.32 Å². The van der Waals surface area contributed by atoms with Gasteiger partial charge in [-0.1, -0.05) is 6.07 Å². The van der Waals surface area contributed by atoms with Crippen LogP contribution in [-0.2, 0) is 6.42 Å². The quantitative estimate of drug-likeness (QED) is 0.833. The summed E-state index contributed by atoms with van der Waals surface area (Å²) in [6, 6.07) is 8.18. The van der Waals surface area contributed by atoms with Gasteiger partial charge in [0.15, 0.2) is 11.6 Å². The molecule has 0 heterocycles. The van der Waals surface area contributed by atoms with Crippen molar-refractivity contribution in [3.8, 4) is 0 Å². The van der Waals surface area contributed by atoms with Gasteiger partial charge in [0.1, 0.15) is 5.82 Å². The standard InChI is InChI=1S/C14H13F3N2/c15-11-3-1-9(7-12(11)16)5-6-19-10-2-4-14(18)13(17)8-10/h1-4,7-8,19H,5-6,18H2. The van der Waals surface area contributed by atoms with E-state index in [4.69, 9.17) is 5.73 Å². The Morgan fingerprint density at radius 3 is 2.37 bits per heavy atom. The van der Waals surface area contributed by atoms with E-state index >= 15 is 0 Å². The van der Waals surface area contributed by atoms with Crippen LogP contribution in [0.4, 0.5) is 24.5 Å². The minimum atomic E-state index is -0.865. The van der Waals surface area contributed by atoms with Crippen LogP contribution in [0.25, 0.3) is 0 Å². The van der Waals surface area contributed by atoms with Gasteiger partial charge in [-0.3, -0.25) is 0 Å². The van der Waals surface area contributed by atoms with Crippen molar-refractivity contribution in [2.24, 2.45) is 0 Å². The molecule has 2 rings (SSSR count). The average Bonchev–Trinajstić information content (AvgIpc) is 2.38. The minimum absolute atomic E-state index is 0.0890. The summed E-state index contributed by atoms with van der Waals surface area (Å²) in [5.74, 6) is -2.22. The van der Waals surface area contributed by atoms with Crippen molar-refractivity contribution in [1.82, 2.24) is 0 Å². The fraction of sp³-hybridized carbons (Fsp3) is 0.143. The first-order valence-corrected chi connectivity index (χ1v) is 5.79. The fourth-order valence-corrected chi connectivity index (χ4v) is 1.68. The molecule has 0 aliphatic heterocycles. The maximum Gasteiger partial charge on any atom is 0.159 e. The molecule has 0 radical (unpaired) electrons. The molecule has 19 heavy (non-hydrogen) atoms. The SMILES string of the molecule is Nc1ccc(NCCc2ccc(F)c(F)c2)cc1F. The van der Waals surface area contributed by atoms with Crippen LogP contribution in [0.5, 0.6) is 0 Å². The second-order valence-electron chi connectivity index (χ2n) is 4.16. The monoisotopic (exact) mass is 266 g/mol. The molecule has 3 N–H and O–H groups in total. The molecule has 2 aromatic rings. The molecule has 0 amide bonds. The van der Waals surface area contributed by atoms with E-state index < -0.39 is 17.5 Å². The maximum atomic E-state index is 13.2. The molecule has 0 bridgehead atoms. The molecule has 2 nitrogen and oxygen atoms in total. The molecular weight excluding hydrogens is 253 g/mol. The zero-order valence-corrected chi connectivity index (χ0v) is 10.1. The van der Waals surface area contributed by atoms with Crippen LogP contribution in [0.2, 0.25) is 0 Å². The third kappa shape index (κ3) is 3.40. The number of nitrogens with two attached hydrogens (primary N) is 1. The molecule has 0 atom stereocenters. The summed E-state index contributed by atoms with van der Waals surface area (Å²) in [7, 11) is 0. The van der Waals surface area contributed by atoms with Crippen LogP contribution in [0.1, 0.15) is 5.56 Å². The highest BCUT2D eigenvalue weighted by Crippen LogP contribution is 2.16. The van der Waals surface area contributed by atoms with Crippen molar-refractivity contribution in [2.45, 2.75) is 6.42 Å². The van der Waals surface area contributed by atoms with E-state index in [0.29, 0.717) is 24.2 Å². The zero-order chi connectivity index (χ0) is 13.8. The van der Waals surface area contributed by atoms with Gasteiger partial charge >= 0.3 is 0 Å². The summed E-state index contributed by atoms with van der Waals surface area (Å²) >= 11 is 0. The van der Waals surface area contributed by atoms with Gasteiger partial charge in [0.2, 0.25) is 0 Å². The molecule has 2 aromatic carbocycles. The van der Waals surface area contributed by atoms with Crippen molar-refractivity contribution in [2.75, 3.05) is 17.6 Å². The summed E-state index contributed by atoms with van der Waals surface area (Å²) in [5.41, 5.74) is 6.71. The summed E-state index contributed by atoms with van der Waals surface area (Å²) in [4.78, 5) is 0. The third-order valence-corrected chi connectivity index (χ3v) is 2.73. The number of hydrogen-bond acceptors (Lipinski definition) is 2. The van der Waals surface area contributed by atoms with Crippen LogP contribution in [0.15, 0.2) is 36.4 Å². The number of halogens is 3. The lowest BCUT2D eigenvalue weighted by Gasteiger charge is -2.07. The Morgan fingerprint density at radius 1 is 0.895 bits per heavy atom. The molecule has 0 aliphatic rings.